The second kappa shape index (κ2) is 10.6. The standard InChI is InChI=1S/C29H27FN6/c30-26-17-23(19-32)9-10-24(26)20-36-28-4-2-1-3-27(28)34-29(36)33-25-12-15-35(16-13-25)14-11-21-5-7-22(18-31)8-6-21/h1-10,17,25H,11-16,20H2,(H,33,34). The van der Waals surface area contributed by atoms with Crippen LogP contribution >= 0.6 is 0 Å². The van der Waals surface area contributed by atoms with E-state index in [1.165, 1.54) is 11.6 Å². The first kappa shape index (κ1) is 23.5. The van der Waals surface area contributed by atoms with E-state index < -0.39 is 0 Å². The summed E-state index contributed by atoms with van der Waals surface area (Å²) in [7, 11) is 0. The Labute approximate surface area is 210 Å². The van der Waals surface area contributed by atoms with Gasteiger partial charge in [-0.2, -0.15) is 10.5 Å². The van der Waals surface area contributed by atoms with Crippen molar-refractivity contribution in [3.63, 3.8) is 0 Å². The first-order chi connectivity index (χ1) is 17.6. The van der Waals surface area contributed by atoms with Gasteiger partial charge in [-0.05, 0) is 61.2 Å². The van der Waals surface area contributed by atoms with E-state index in [1.54, 1.807) is 12.1 Å². The van der Waals surface area contributed by atoms with Gasteiger partial charge in [0.15, 0.2) is 0 Å². The minimum absolute atomic E-state index is 0.289. The molecule has 0 aliphatic carbocycles. The van der Waals surface area contributed by atoms with E-state index in [0.29, 0.717) is 23.2 Å². The van der Waals surface area contributed by atoms with E-state index in [-0.39, 0.29) is 11.9 Å². The number of rotatable bonds is 7. The Morgan fingerprint density at radius 1 is 0.944 bits per heavy atom. The van der Waals surface area contributed by atoms with Gasteiger partial charge >= 0.3 is 0 Å². The number of likely N-dealkylation sites (tertiary alicyclic amines) is 1. The van der Waals surface area contributed by atoms with Crippen molar-refractivity contribution in [2.24, 2.45) is 0 Å². The summed E-state index contributed by atoms with van der Waals surface area (Å²) in [6.07, 6.45) is 2.97. The number of aromatic nitrogens is 2. The highest BCUT2D eigenvalue weighted by atomic mass is 19.1. The molecular formula is C29H27FN6. The molecule has 0 atom stereocenters. The molecule has 1 aromatic heterocycles. The van der Waals surface area contributed by atoms with E-state index in [4.69, 9.17) is 15.5 Å². The van der Waals surface area contributed by atoms with Crippen molar-refractivity contribution in [3.05, 3.63) is 94.8 Å². The second-order valence-electron chi connectivity index (χ2n) is 9.25. The maximum Gasteiger partial charge on any atom is 0.204 e. The molecule has 1 N–H and O–H groups in total. The van der Waals surface area contributed by atoms with Crippen LogP contribution in [-0.4, -0.2) is 40.1 Å². The van der Waals surface area contributed by atoms with Gasteiger partial charge in [0.05, 0.1) is 40.8 Å². The number of nitrogens with one attached hydrogen (secondary N) is 1. The largest absolute Gasteiger partial charge is 0.353 e. The molecule has 1 aliphatic rings. The van der Waals surface area contributed by atoms with Crippen molar-refractivity contribution in [1.29, 1.82) is 10.5 Å². The van der Waals surface area contributed by atoms with Gasteiger partial charge in [-0.15, -0.1) is 0 Å². The smallest absolute Gasteiger partial charge is 0.204 e. The average Bonchev–Trinajstić information content (AvgIpc) is 3.26. The summed E-state index contributed by atoms with van der Waals surface area (Å²) < 4.78 is 16.7. The van der Waals surface area contributed by atoms with Crippen molar-refractivity contribution in [2.75, 3.05) is 25.0 Å². The summed E-state index contributed by atoms with van der Waals surface area (Å²) in [4.78, 5) is 7.29. The lowest BCUT2D eigenvalue weighted by molar-refractivity contribution is 0.221. The molecule has 5 rings (SSSR count). The van der Waals surface area contributed by atoms with Crippen molar-refractivity contribution < 1.29 is 4.39 Å². The topological polar surface area (TPSA) is 80.7 Å². The van der Waals surface area contributed by atoms with Gasteiger partial charge in [0, 0.05) is 31.2 Å². The van der Waals surface area contributed by atoms with Crippen molar-refractivity contribution in [3.8, 4) is 12.1 Å². The third-order valence-corrected chi connectivity index (χ3v) is 6.89. The number of imidazole rings is 1. The van der Waals surface area contributed by atoms with Crippen LogP contribution in [0.1, 0.15) is 35.1 Å². The van der Waals surface area contributed by atoms with Gasteiger partial charge < -0.3 is 14.8 Å². The molecule has 180 valence electrons. The lowest BCUT2D eigenvalue weighted by Gasteiger charge is -2.32. The molecular weight excluding hydrogens is 451 g/mol. The Morgan fingerprint density at radius 3 is 2.39 bits per heavy atom. The highest BCUT2D eigenvalue weighted by molar-refractivity contribution is 5.78. The number of nitriles is 2. The van der Waals surface area contributed by atoms with E-state index in [0.717, 1.165) is 55.9 Å². The van der Waals surface area contributed by atoms with Crippen molar-refractivity contribution in [1.82, 2.24) is 14.5 Å². The van der Waals surface area contributed by atoms with Crippen molar-refractivity contribution >= 4 is 17.0 Å². The number of hydrogen-bond acceptors (Lipinski definition) is 5. The Morgan fingerprint density at radius 2 is 1.67 bits per heavy atom. The molecule has 1 saturated heterocycles. The Bertz CT molecular complexity index is 1440. The van der Waals surface area contributed by atoms with E-state index >= 15 is 0 Å². The van der Waals surface area contributed by atoms with Gasteiger partial charge in [-0.1, -0.05) is 30.3 Å². The van der Waals surface area contributed by atoms with E-state index in [2.05, 4.69) is 16.3 Å². The fourth-order valence-electron chi connectivity index (χ4n) is 4.78. The summed E-state index contributed by atoms with van der Waals surface area (Å²) in [5.41, 5.74) is 4.60. The summed E-state index contributed by atoms with van der Waals surface area (Å²) in [6.45, 7) is 3.33. The van der Waals surface area contributed by atoms with Crippen LogP contribution in [0.3, 0.4) is 0 Å². The highest BCUT2D eigenvalue weighted by Crippen LogP contribution is 2.25. The molecule has 36 heavy (non-hydrogen) atoms. The third-order valence-electron chi connectivity index (χ3n) is 6.89. The van der Waals surface area contributed by atoms with Gasteiger partial charge in [-0.3, -0.25) is 0 Å². The zero-order valence-corrected chi connectivity index (χ0v) is 20.0. The first-order valence-corrected chi connectivity index (χ1v) is 12.2. The molecule has 0 unspecified atom stereocenters. The molecule has 3 aromatic carbocycles. The van der Waals surface area contributed by atoms with E-state index in [9.17, 15) is 4.39 Å². The van der Waals surface area contributed by atoms with Crippen molar-refractivity contribution in [2.45, 2.75) is 31.8 Å². The highest BCUT2D eigenvalue weighted by Gasteiger charge is 2.22. The number of hydrogen-bond donors (Lipinski definition) is 1. The van der Waals surface area contributed by atoms with Gasteiger partial charge in [-0.25, -0.2) is 9.37 Å². The first-order valence-electron chi connectivity index (χ1n) is 12.2. The summed E-state index contributed by atoms with van der Waals surface area (Å²) in [5, 5.41) is 21.6. The Hall–Kier alpha value is -4.20. The fourth-order valence-corrected chi connectivity index (χ4v) is 4.78. The minimum Gasteiger partial charge on any atom is -0.353 e. The zero-order valence-electron chi connectivity index (χ0n) is 20.0. The molecule has 0 spiro atoms. The predicted octanol–water partition coefficient (Wildman–Crippen LogP) is 5.09. The Kier molecular flexibility index (Phi) is 6.93. The van der Waals surface area contributed by atoms with Gasteiger partial charge in [0.1, 0.15) is 5.82 Å². The van der Waals surface area contributed by atoms with Crippen LogP contribution in [0.5, 0.6) is 0 Å². The molecule has 4 aromatic rings. The lowest BCUT2D eigenvalue weighted by atomic mass is 10.0. The maximum absolute atomic E-state index is 14.7. The zero-order chi connectivity index (χ0) is 24.9. The number of nitrogens with zero attached hydrogens (tertiary/aromatic N) is 5. The molecule has 7 heteroatoms. The van der Waals surface area contributed by atoms with Gasteiger partial charge in [0.2, 0.25) is 5.95 Å². The van der Waals surface area contributed by atoms with Crippen LogP contribution in [0.15, 0.2) is 66.7 Å². The number of benzene rings is 3. The van der Waals surface area contributed by atoms with E-state index in [1.807, 2.05) is 59.2 Å². The number of fused-ring (bicyclic) bond motifs is 1. The molecule has 1 fully saturated rings. The molecule has 0 amide bonds. The van der Waals surface area contributed by atoms with Crippen LogP contribution in [0.25, 0.3) is 11.0 Å². The quantitative estimate of drug-likeness (QED) is 0.400. The molecule has 0 saturated carbocycles. The lowest BCUT2D eigenvalue weighted by Crippen LogP contribution is -2.40. The molecule has 0 bridgehead atoms. The Balaban J connectivity index is 1.24. The molecule has 6 nitrogen and oxygen atoms in total. The summed E-state index contributed by atoms with van der Waals surface area (Å²) >= 11 is 0. The minimum atomic E-state index is -0.381. The van der Waals surface area contributed by atoms with Crippen LogP contribution in [0.4, 0.5) is 10.3 Å². The number of piperidine rings is 1. The van der Waals surface area contributed by atoms with Crippen LogP contribution in [-0.2, 0) is 13.0 Å². The number of halogens is 1. The van der Waals surface area contributed by atoms with Crippen LogP contribution in [0, 0.1) is 28.5 Å². The summed E-state index contributed by atoms with van der Waals surface area (Å²) in [6, 6.07) is 24.8. The van der Waals surface area contributed by atoms with Gasteiger partial charge in [0.25, 0.3) is 0 Å². The number of para-hydroxylation sites is 2. The molecule has 0 radical (unpaired) electrons. The SMILES string of the molecule is N#Cc1ccc(CCN2CCC(Nc3nc4ccccc4n3Cc3ccc(C#N)cc3F)CC2)cc1. The average molecular weight is 479 g/mol. The second-order valence-corrected chi connectivity index (χ2v) is 9.25. The maximum atomic E-state index is 14.7. The van der Waals surface area contributed by atoms with Crippen LogP contribution < -0.4 is 5.32 Å². The molecule has 2 heterocycles. The number of anilines is 1. The fraction of sp³-hybridized carbons (Fsp3) is 0.276. The normalized spacial score (nSPS) is 14.4. The van der Waals surface area contributed by atoms with Crippen LogP contribution in [0.2, 0.25) is 0 Å². The predicted molar refractivity (Wildman–Crippen MR) is 138 cm³/mol. The monoisotopic (exact) mass is 478 g/mol. The third kappa shape index (κ3) is 5.22. The molecule has 1 aliphatic heterocycles. The summed E-state index contributed by atoms with van der Waals surface area (Å²) in [5.74, 6) is 0.365.